The molecule has 0 aromatic heterocycles. The van der Waals surface area contributed by atoms with E-state index in [2.05, 4.69) is 6.92 Å². The van der Waals surface area contributed by atoms with E-state index in [-0.39, 0.29) is 17.9 Å². The summed E-state index contributed by atoms with van der Waals surface area (Å²) in [6.07, 6.45) is 1.99. The zero-order valence-electron chi connectivity index (χ0n) is 11.2. The van der Waals surface area contributed by atoms with Gasteiger partial charge in [0, 0.05) is 18.5 Å². The number of amides is 1. The Bertz CT molecular complexity index is 444. The fourth-order valence-electron chi connectivity index (χ4n) is 2.22. The number of hydrogen-bond donors (Lipinski definition) is 0. The number of nitrogens with zero attached hydrogens (tertiary/aromatic N) is 1. The van der Waals surface area contributed by atoms with Crippen LogP contribution >= 0.6 is 0 Å². The fourth-order valence-corrected chi connectivity index (χ4v) is 2.22. The summed E-state index contributed by atoms with van der Waals surface area (Å²) in [6.45, 7) is 3.06. The van der Waals surface area contributed by atoms with Crippen molar-refractivity contribution in [2.75, 3.05) is 13.2 Å². The van der Waals surface area contributed by atoms with Gasteiger partial charge in [-0.25, -0.2) is 4.79 Å². The number of benzene rings is 1. The monoisotopic (exact) mass is 261 g/mol. The molecule has 0 saturated carbocycles. The van der Waals surface area contributed by atoms with E-state index in [0.717, 1.165) is 12.8 Å². The number of ketones is 1. The fraction of sp³-hybridized carbons (Fsp3) is 0.467. The predicted octanol–water partition coefficient (Wildman–Crippen LogP) is 2.88. The molecular weight excluding hydrogens is 242 g/mol. The Morgan fingerprint density at radius 2 is 2.11 bits per heavy atom. The van der Waals surface area contributed by atoms with Gasteiger partial charge in [0.15, 0.2) is 5.78 Å². The zero-order valence-corrected chi connectivity index (χ0v) is 11.2. The highest BCUT2D eigenvalue weighted by Gasteiger charge is 2.33. The summed E-state index contributed by atoms with van der Waals surface area (Å²) in [5, 5.41) is 0. The lowest BCUT2D eigenvalue weighted by Gasteiger charge is -2.20. The van der Waals surface area contributed by atoms with Crippen molar-refractivity contribution in [1.82, 2.24) is 4.90 Å². The molecule has 1 unspecified atom stereocenters. The standard InChI is InChI=1S/C15H19NO3/c1-2-3-9-16-13(11-19-15(16)18)10-14(17)12-7-5-4-6-8-12/h4-8,13H,2-3,9-11H2,1H3. The van der Waals surface area contributed by atoms with E-state index in [1.807, 2.05) is 18.2 Å². The van der Waals surface area contributed by atoms with Crippen LogP contribution in [0.1, 0.15) is 36.5 Å². The van der Waals surface area contributed by atoms with Crippen LogP contribution in [-0.4, -0.2) is 36.0 Å². The Kier molecular flexibility index (Phi) is 4.55. The number of rotatable bonds is 6. The van der Waals surface area contributed by atoms with Gasteiger partial charge in [-0.2, -0.15) is 0 Å². The normalized spacial score (nSPS) is 18.5. The molecule has 102 valence electrons. The topological polar surface area (TPSA) is 46.6 Å². The summed E-state index contributed by atoms with van der Waals surface area (Å²) < 4.78 is 5.05. The van der Waals surface area contributed by atoms with Crippen molar-refractivity contribution < 1.29 is 14.3 Å². The third-order valence-electron chi connectivity index (χ3n) is 3.34. The van der Waals surface area contributed by atoms with Crippen LogP contribution in [0, 0.1) is 0 Å². The van der Waals surface area contributed by atoms with Gasteiger partial charge in [-0.3, -0.25) is 4.79 Å². The lowest BCUT2D eigenvalue weighted by molar-refractivity contribution is 0.0951. The zero-order chi connectivity index (χ0) is 13.7. The molecule has 4 heteroatoms. The van der Waals surface area contributed by atoms with Gasteiger partial charge >= 0.3 is 6.09 Å². The van der Waals surface area contributed by atoms with Crippen LogP contribution in [0.5, 0.6) is 0 Å². The second kappa shape index (κ2) is 6.36. The van der Waals surface area contributed by atoms with Crippen molar-refractivity contribution >= 4 is 11.9 Å². The minimum atomic E-state index is -0.292. The van der Waals surface area contributed by atoms with Crippen LogP contribution in [0.4, 0.5) is 4.79 Å². The number of carbonyl (C=O) groups excluding carboxylic acids is 2. The van der Waals surface area contributed by atoms with Crippen molar-refractivity contribution in [3.8, 4) is 0 Å². The summed E-state index contributed by atoms with van der Waals surface area (Å²) in [7, 11) is 0. The van der Waals surface area contributed by atoms with Gasteiger partial charge in [0.05, 0.1) is 6.04 Å². The number of Topliss-reactive ketones (excluding diaryl/α,β-unsaturated/α-hetero) is 1. The molecule has 0 N–H and O–H groups in total. The molecular formula is C15H19NO3. The molecule has 19 heavy (non-hydrogen) atoms. The van der Waals surface area contributed by atoms with Crippen LogP contribution in [0.25, 0.3) is 0 Å². The van der Waals surface area contributed by atoms with E-state index >= 15 is 0 Å². The molecule has 1 saturated heterocycles. The Labute approximate surface area is 113 Å². The van der Waals surface area contributed by atoms with Gasteiger partial charge in [-0.15, -0.1) is 0 Å². The summed E-state index contributed by atoms with van der Waals surface area (Å²) in [5.41, 5.74) is 0.692. The van der Waals surface area contributed by atoms with Gasteiger partial charge < -0.3 is 9.64 Å². The highest BCUT2D eigenvalue weighted by atomic mass is 16.6. The van der Waals surface area contributed by atoms with E-state index < -0.39 is 0 Å². The quantitative estimate of drug-likeness (QED) is 0.740. The van der Waals surface area contributed by atoms with Gasteiger partial charge in [0.25, 0.3) is 0 Å². The molecule has 1 aromatic carbocycles. The van der Waals surface area contributed by atoms with Crippen LogP contribution in [0.3, 0.4) is 0 Å². The first kappa shape index (κ1) is 13.6. The van der Waals surface area contributed by atoms with E-state index in [9.17, 15) is 9.59 Å². The molecule has 1 amide bonds. The van der Waals surface area contributed by atoms with Crippen LogP contribution < -0.4 is 0 Å². The minimum absolute atomic E-state index is 0.0606. The first-order valence-corrected chi connectivity index (χ1v) is 6.74. The molecule has 0 aliphatic carbocycles. The molecule has 0 radical (unpaired) electrons. The summed E-state index contributed by atoms with van der Waals surface area (Å²) in [5.74, 6) is 0.0606. The molecule has 1 aliphatic heterocycles. The highest BCUT2D eigenvalue weighted by Crippen LogP contribution is 2.18. The summed E-state index contributed by atoms with van der Waals surface area (Å²) in [4.78, 5) is 25.4. The van der Waals surface area contributed by atoms with E-state index in [0.29, 0.717) is 25.1 Å². The molecule has 2 rings (SSSR count). The smallest absolute Gasteiger partial charge is 0.410 e. The lowest BCUT2D eigenvalue weighted by Crippen LogP contribution is -2.35. The number of cyclic esters (lactones) is 1. The van der Waals surface area contributed by atoms with E-state index in [4.69, 9.17) is 4.74 Å². The molecule has 1 aliphatic rings. The maximum Gasteiger partial charge on any atom is 0.410 e. The van der Waals surface area contributed by atoms with E-state index in [1.54, 1.807) is 17.0 Å². The Balaban J connectivity index is 1.98. The third-order valence-corrected chi connectivity index (χ3v) is 3.34. The summed E-state index contributed by atoms with van der Waals surface area (Å²) >= 11 is 0. The van der Waals surface area contributed by atoms with Crippen LogP contribution in [0.2, 0.25) is 0 Å². The maximum atomic E-state index is 12.1. The van der Waals surface area contributed by atoms with Crippen molar-refractivity contribution in [2.24, 2.45) is 0 Å². The number of carbonyl (C=O) groups is 2. The SMILES string of the molecule is CCCCN1C(=O)OCC1CC(=O)c1ccccc1. The minimum Gasteiger partial charge on any atom is -0.447 e. The van der Waals surface area contributed by atoms with Crippen molar-refractivity contribution in [1.29, 1.82) is 0 Å². The van der Waals surface area contributed by atoms with Crippen molar-refractivity contribution in [3.63, 3.8) is 0 Å². The maximum absolute atomic E-state index is 12.1. The molecule has 0 bridgehead atoms. The Morgan fingerprint density at radius 1 is 1.37 bits per heavy atom. The number of unbranched alkanes of at least 4 members (excludes halogenated alkanes) is 1. The summed E-state index contributed by atoms with van der Waals surface area (Å²) in [6, 6.07) is 9.06. The van der Waals surface area contributed by atoms with Crippen molar-refractivity contribution in [2.45, 2.75) is 32.2 Å². The Hall–Kier alpha value is -1.84. The molecule has 4 nitrogen and oxygen atoms in total. The first-order chi connectivity index (χ1) is 9.22. The molecule has 1 fully saturated rings. The second-order valence-corrected chi connectivity index (χ2v) is 4.77. The van der Waals surface area contributed by atoms with Gasteiger partial charge in [-0.05, 0) is 6.42 Å². The molecule has 1 heterocycles. The number of hydrogen-bond acceptors (Lipinski definition) is 3. The largest absolute Gasteiger partial charge is 0.447 e. The molecule has 1 aromatic rings. The van der Waals surface area contributed by atoms with E-state index in [1.165, 1.54) is 0 Å². The van der Waals surface area contributed by atoms with Crippen LogP contribution in [-0.2, 0) is 4.74 Å². The van der Waals surface area contributed by atoms with Gasteiger partial charge in [0.2, 0.25) is 0 Å². The van der Waals surface area contributed by atoms with Gasteiger partial charge in [0.1, 0.15) is 6.61 Å². The Morgan fingerprint density at radius 3 is 2.79 bits per heavy atom. The first-order valence-electron chi connectivity index (χ1n) is 6.74. The second-order valence-electron chi connectivity index (χ2n) is 4.77. The predicted molar refractivity (Wildman–Crippen MR) is 72.1 cm³/mol. The molecule has 1 atom stereocenters. The lowest BCUT2D eigenvalue weighted by atomic mass is 10.0. The van der Waals surface area contributed by atoms with Gasteiger partial charge in [-0.1, -0.05) is 43.7 Å². The highest BCUT2D eigenvalue weighted by molar-refractivity contribution is 5.96. The van der Waals surface area contributed by atoms with Crippen molar-refractivity contribution in [3.05, 3.63) is 35.9 Å². The van der Waals surface area contributed by atoms with Crippen LogP contribution in [0.15, 0.2) is 30.3 Å². The molecule has 0 spiro atoms. The third kappa shape index (κ3) is 3.34. The average molecular weight is 261 g/mol. The average Bonchev–Trinajstić information content (AvgIpc) is 2.78. The number of ether oxygens (including phenoxy) is 1.